The maximum Gasteiger partial charge on any atom is 0.191 e. The first-order valence-electron chi connectivity index (χ1n) is 10.1. The third-order valence-corrected chi connectivity index (χ3v) is 4.92. The van der Waals surface area contributed by atoms with Gasteiger partial charge in [-0.1, -0.05) is 18.2 Å². The van der Waals surface area contributed by atoms with Gasteiger partial charge in [-0.15, -0.1) is 0 Å². The van der Waals surface area contributed by atoms with Crippen molar-refractivity contribution < 1.29 is 14.2 Å². The van der Waals surface area contributed by atoms with Crippen molar-refractivity contribution in [3.8, 4) is 17.2 Å². The van der Waals surface area contributed by atoms with E-state index in [0.29, 0.717) is 23.8 Å². The van der Waals surface area contributed by atoms with Gasteiger partial charge in [0.1, 0.15) is 17.2 Å². The average molecular weight is 411 g/mol. The number of H-pyrrole nitrogens is 1. The zero-order valence-electron chi connectivity index (χ0n) is 18.0. The molecule has 160 valence electrons. The summed E-state index contributed by atoms with van der Waals surface area (Å²) in [5.41, 5.74) is 3.31. The largest absolute Gasteiger partial charge is 0.496 e. The van der Waals surface area contributed by atoms with Crippen molar-refractivity contribution in [1.82, 2.24) is 15.6 Å². The zero-order chi connectivity index (χ0) is 21.3. The zero-order valence-corrected chi connectivity index (χ0v) is 18.0. The lowest BCUT2D eigenvalue weighted by Crippen LogP contribution is -2.38. The molecule has 7 nitrogen and oxygen atoms in total. The molecule has 0 amide bonds. The summed E-state index contributed by atoms with van der Waals surface area (Å²) in [5, 5.41) is 7.96. The molecule has 3 N–H and O–H groups in total. The van der Waals surface area contributed by atoms with Crippen molar-refractivity contribution in [3.63, 3.8) is 0 Å². The van der Waals surface area contributed by atoms with Gasteiger partial charge in [0.25, 0.3) is 0 Å². The Kier molecular flexibility index (Phi) is 7.43. The minimum atomic E-state index is 0.415. The van der Waals surface area contributed by atoms with Gasteiger partial charge in [-0.2, -0.15) is 0 Å². The standard InChI is InChI=1S/C23H30N4O3/c1-5-24-23(25-11-10-16-14-26-20-9-7-6-8-18(16)20)27-15-19-21(29-3)12-17(28-2)13-22(19)30-4/h6-9,12-14,26H,5,10-11,15H2,1-4H3,(H2,24,25,27). The second kappa shape index (κ2) is 10.4. The molecule has 30 heavy (non-hydrogen) atoms. The average Bonchev–Trinajstić information content (AvgIpc) is 3.20. The van der Waals surface area contributed by atoms with E-state index < -0.39 is 0 Å². The summed E-state index contributed by atoms with van der Waals surface area (Å²) in [6.45, 7) is 4.00. The summed E-state index contributed by atoms with van der Waals surface area (Å²) in [5.74, 6) is 2.80. The Morgan fingerprint density at radius 1 is 1.00 bits per heavy atom. The molecule has 0 bridgehead atoms. The number of methoxy groups -OCH3 is 3. The summed E-state index contributed by atoms with van der Waals surface area (Å²) < 4.78 is 16.4. The van der Waals surface area contributed by atoms with Gasteiger partial charge >= 0.3 is 0 Å². The normalized spacial score (nSPS) is 11.4. The number of ether oxygens (including phenoxy) is 3. The molecule has 0 fully saturated rings. The van der Waals surface area contributed by atoms with Crippen molar-refractivity contribution in [2.75, 3.05) is 34.4 Å². The summed E-state index contributed by atoms with van der Waals surface area (Å²) in [4.78, 5) is 8.04. The van der Waals surface area contributed by atoms with E-state index in [1.54, 1.807) is 21.3 Å². The lowest BCUT2D eigenvalue weighted by atomic mass is 10.1. The van der Waals surface area contributed by atoms with Gasteiger partial charge in [0.05, 0.1) is 33.4 Å². The molecule has 0 aliphatic carbocycles. The van der Waals surface area contributed by atoms with Crippen molar-refractivity contribution in [1.29, 1.82) is 0 Å². The third-order valence-electron chi connectivity index (χ3n) is 4.92. The van der Waals surface area contributed by atoms with Crippen LogP contribution in [0, 0.1) is 0 Å². The fraction of sp³-hybridized carbons (Fsp3) is 0.348. The summed E-state index contributed by atoms with van der Waals surface area (Å²) in [7, 11) is 4.88. The highest BCUT2D eigenvalue weighted by molar-refractivity contribution is 5.83. The lowest BCUT2D eigenvalue weighted by molar-refractivity contribution is 0.369. The Bertz CT molecular complexity index is 972. The number of hydrogen-bond acceptors (Lipinski definition) is 4. The molecule has 0 aliphatic heterocycles. The van der Waals surface area contributed by atoms with Crippen LogP contribution in [0.3, 0.4) is 0 Å². The van der Waals surface area contributed by atoms with Crippen molar-refractivity contribution in [2.45, 2.75) is 19.9 Å². The Balaban J connectivity index is 1.70. The van der Waals surface area contributed by atoms with E-state index in [0.717, 1.165) is 36.6 Å². The number of guanidine groups is 1. The van der Waals surface area contributed by atoms with Gasteiger partial charge in [-0.25, -0.2) is 4.99 Å². The molecule has 1 heterocycles. The topological polar surface area (TPSA) is 79.9 Å². The number of para-hydroxylation sites is 1. The van der Waals surface area contributed by atoms with E-state index >= 15 is 0 Å². The molecule has 0 aliphatic rings. The van der Waals surface area contributed by atoms with Gasteiger partial charge in [0, 0.05) is 42.3 Å². The Labute approximate surface area is 177 Å². The number of nitrogens with zero attached hydrogens (tertiary/aromatic N) is 1. The van der Waals surface area contributed by atoms with Gasteiger partial charge in [-0.05, 0) is 25.0 Å². The number of aromatic amines is 1. The molecule has 1 aromatic heterocycles. The Morgan fingerprint density at radius 2 is 1.73 bits per heavy atom. The molecule has 0 radical (unpaired) electrons. The second-order valence-electron chi connectivity index (χ2n) is 6.74. The van der Waals surface area contributed by atoms with Crippen LogP contribution in [-0.4, -0.2) is 45.4 Å². The van der Waals surface area contributed by atoms with Crippen molar-refractivity contribution in [2.24, 2.45) is 4.99 Å². The van der Waals surface area contributed by atoms with Crippen molar-refractivity contribution in [3.05, 3.63) is 53.7 Å². The van der Waals surface area contributed by atoms with Crippen LogP contribution in [0.25, 0.3) is 10.9 Å². The van der Waals surface area contributed by atoms with Crippen molar-refractivity contribution >= 4 is 16.9 Å². The monoisotopic (exact) mass is 410 g/mol. The van der Waals surface area contributed by atoms with E-state index in [-0.39, 0.29) is 0 Å². The maximum absolute atomic E-state index is 5.52. The highest BCUT2D eigenvalue weighted by Gasteiger charge is 2.13. The quantitative estimate of drug-likeness (QED) is 0.372. The number of aliphatic imine (C=N–C) groups is 1. The predicted octanol–water partition coefficient (Wildman–Crippen LogP) is 3.49. The second-order valence-corrected chi connectivity index (χ2v) is 6.74. The van der Waals surface area contributed by atoms with Gasteiger partial charge < -0.3 is 29.8 Å². The van der Waals surface area contributed by atoms with Crippen LogP contribution in [0.4, 0.5) is 0 Å². The van der Waals surface area contributed by atoms with E-state index in [2.05, 4.69) is 40.0 Å². The first-order chi connectivity index (χ1) is 14.7. The van der Waals surface area contributed by atoms with E-state index in [4.69, 9.17) is 19.2 Å². The highest BCUT2D eigenvalue weighted by atomic mass is 16.5. The van der Waals surface area contributed by atoms with Crippen LogP contribution < -0.4 is 24.8 Å². The summed E-state index contributed by atoms with van der Waals surface area (Å²) in [6.07, 6.45) is 2.97. The fourth-order valence-corrected chi connectivity index (χ4v) is 3.39. The number of rotatable bonds is 9. The number of fused-ring (bicyclic) bond motifs is 1. The predicted molar refractivity (Wildman–Crippen MR) is 121 cm³/mol. The van der Waals surface area contributed by atoms with Crippen LogP contribution in [0.15, 0.2) is 47.6 Å². The molecule has 0 saturated carbocycles. The number of nitrogens with one attached hydrogen (secondary N) is 3. The maximum atomic E-state index is 5.52. The molecule has 3 aromatic rings. The van der Waals surface area contributed by atoms with Crippen LogP contribution in [0.2, 0.25) is 0 Å². The van der Waals surface area contributed by atoms with E-state index in [1.807, 2.05) is 25.1 Å². The Hall–Kier alpha value is -3.35. The summed E-state index contributed by atoms with van der Waals surface area (Å²) in [6, 6.07) is 12.0. The van der Waals surface area contributed by atoms with Gasteiger partial charge in [0.2, 0.25) is 0 Å². The molecule has 2 aromatic carbocycles. The fourth-order valence-electron chi connectivity index (χ4n) is 3.39. The van der Waals surface area contributed by atoms with Crippen LogP contribution in [0.1, 0.15) is 18.1 Å². The molecule has 0 saturated heterocycles. The molecule has 3 rings (SSSR count). The first-order valence-corrected chi connectivity index (χ1v) is 10.1. The molecule has 0 spiro atoms. The Morgan fingerprint density at radius 3 is 2.40 bits per heavy atom. The highest BCUT2D eigenvalue weighted by Crippen LogP contribution is 2.34. The molecular weight excluding hydrogens is 380 g/mol. The third kappa shape index (κ3) is 4.97. The minimum absolute atomic E-state index is 0.415. The summed E-state index contributed by atoms with van der Waals surface area (Å²) >= 11 is 0. The van der Waals surface area contributed by atoms with Crippen LogP contribution in [0.5, 0.6) is 17.2 Å². The molecule has 7 heteroatoms. The number of aromatic nitrogens is 1. The molecule has 0 unspecified atom stereocenters. The first kappa shape index (κ1) is 21.4. The number of benzene rings is 2. The smallest absolute Gasteiger partial charge is 0.191 e. The van der Waals surface area contributed by atoms with Crippen LogP contribution >= 0.6 is 0 Å². The van der Waals surface area contributed by atoms with E-state index in [9.17, 15) is 0 Å². The molecular formula is C23H30N4O3. The minimum Gasteiger partial charge on any atom is -0.496 e. The molecule has 0 atom stereocenters. The number of hydrogen-bond donors (Lipinski definition) is 3. The van der Waals surface area contributed by atoms with Gasteiger partial charge in [-0.3, -0.25) is 0 Å². The lowest BCUT2D eigenvalue weighted by Gasteiger charge is -2.15. The van der Waals surface area contributed by atoms with E-state index in [1.165, 1.54) is 10.9 Å². The SMILES string of the molecule is CCNC(=NCc1c(OC)cc(OC)cc1OC)NCCc1c[nH]c2ccccc12. The van der Waals surface area contributed by atoms with Crippen LogP contribution in [-0.2, 0) is 13.0 Å². The van der Waals surface area contributed by atoms with Gasteiger partial charge in [0.15, 0.2) is 5.96 Å².